The molecule has 1 saturated carbocycles. The number of nitrogens with one attached hydrogen (secondary N) is 1. The second kappa shape index (κ2) is 19.5. The minimum Gasteiger partial charge on any atom is -0.490 e. The maximum atomic E-state index is 13.8. The Morgan fingerprint density at radius 3 is 2.26 bits per heavy atom. The molecule has 1 N–H and O–H groups in total. The van der Waals surface area contributed by atoms with E-state index in [-0.39, 0.29) is 102 Å². The highest BCUT2D eigenvalue weighted by atomic mass is 16.6. The molecule has 5 unspecified atom stereocenters. The molecule has 0 aromatic heterocycles. The third-order valence-corrected chi connectivity index (χ3v) is 12.1. The van der Waals surface area contributed by atoms with Gasteiger partial charge in [0.2, 0.25) is 11.8 Å². The zero-order valence-corrected chi connectivity index (χ0v) is 35.3. The van der Waals surface area contributed by atoms with Crippen molar-refractivity contribution in [3.8, 4) is 5.75 Å². The SMILES string of the molecule is COC(=O)C1=CCC23CCC(C(C)(C=CC=C(C)C(=O)OCCOCCOCCOCCOc4cccc5c4C(=O)N(C4CCC(=O)NC4=O)C5=O)OC2=O)C3(OC(C)=O)CC1. The summed E-state index contributed by atoms with van der Waals surface area (Å²) < 4.78 is 44.7. The van der Waals surface area contributed by atoms with Crippen molar-refractivity contribution in [1.29, 1.82) is 0 Å². The molecule has 1 aromatic carbocycles. The molecule has 2 bridgehead atoms. The van der Waals surface area contributed by atoms with Crippen LogP contribution < -0.4 is 10.1 Å². The maximum Gasteiger partial charge on any atom is 0.333 e. The predicted octanol–water partition coefficient (Wildman–Crippen LogP) is 2.86. The monoisotopic (exact) mass is 864 g/mol. The molecule has 2 aliphatic carbocycles. The number of benzene rings is 1. The number of hydrogen-bond donors (Lipinski definition) is 1. The van der Waals surface area contributed by atoms with Gasteiger partial charge in [-0.25, -0.2) is 9.59 Å². The molecule has 0 radical (unpaired) electrons. The Hall–Kier alpha value is -5.72. The summed E-state index contributed by atoms with van der Waals surface area (Å²) in [6.45, 7) is 6.07. The fraction of sp³-hybridized carbons (Fsp3) is 0.545. The number of carbonyl (C=O) groups excluding carboxylic acids is 8. The third-order valence-electron chi connectivity index (χ3n) is 12.1. The van der Waals surface area contributed by atoms with E-state index < -0.39 is 76.1 Å². The smallest absolute Gasteiger partial charge is 0.333 e. The van der Waals surface area contributed by atoms with Gasteiger partial charge in [0, 0.05) is 30.4 Å². The Morgan fingerprint density at radius 1 is 0.887 bits per heavy atom. The number of cyclic esters (lactones) is 1. The van der Waals surface area contributed by atoms with Gasteiger partial charge in [-0.2, -0.15) is 0 Å². The largest absolute Gasteiger partial charge is 0.490 e. The summed E-state index contributed by atoms with van der Waals surface area (Å²) in [5.41, 5.74) is -2.58. The Balaban J connectivity index is 0.858. The number of esters is 4. The van der Waals surface area contributed by atoms with E-state index in [2.05, 4.69) is 5.32 Å². The molecule has 5 atom stereocenters. The lowest BCUT2D eigenvalue weighted by molar-refractivity contribution is -0.235. The third kappa shape index (κ3) is 9.22. The van der Waals surface area contributed by atoms with E-state index in [9.17, 15) is 38.4 Å². The fourth-order valence-electron chi connectivity index (χ4n) is 9.11. The van der Waals surface area contributed by atoms with E-state index >= 15 is 0 Å². The molecule has 18 heteroatoms. The zero-order chi connectivity index (χ0) is 44.7. The van der Waals surface area contributed by atoms with Crippen molar-refractivity contribution in [1.82, 2.24) is 10.2 Å². The zero-order valence-electron chi connectivity index (χ0n) is 35.3. The van der Waals surface area contributed by atoms with Gasteiger partial charge < -0.3 is 37.9 Å². The Bertz CT molecular complexity index is 2070. The van der Waals surface area contributed by atoms with Crippen molar-refractivity contribution >= 4 is 47.5 Å². The van der Waals surface area contributed by atoms with Gasteiger partial charge in [-0.15, -0.1) is 0 Å². The van der Waals surface area contributed by atoms with Crippen molar-refractivity contribution in [3.63, 3.8) is 0 Å². The minimum absolute atomic E-state index is 0.00214. The molecule has 0 spiro atoms. The Labute approximate surface area is 358 Å². The molecule has 18 nitrogen and oxygen atoms in total. The van der Waals surface area contributed by atoms with Gasteiger partial charge in [0.25, 0.3) is 11.8 Å². The van der Waals surface area contributed by atoms with Crippen LogP contribution in [0.1, 0.15) is 86.4 Å². The van der Waals surface area contributed by atoms with Crippen molar-refractivity contribution in [2.45, 2.75) is 83.0 Å². The molecule has 1 aromatic rings. The van der Waals surface area contributed by atoms with Crippen molar-refractivity contribution in [2.24, 2.45) is 11.3 Å². The van der Waals surface area contributed by atoms with Crippen LogP contribution in [0.25, 0.3) is 0 Å². The summed E-state index contributed by atoms with van der Waals surface area (Å²) in [4.78, 5) is 102. The van der Waals surface area contributed by atoms with Crippen LogP contribution in [0.3, 0.4) is 0 Å². The fourth-order valence-corrected chi connectivity index (χ4v) is 9.11. The number of hydrogen-bond acceptors (Lipinski definition) is 16. The van der Waals surface area contributed by atoms with Crippen molar-refractivity contribution < 1.29 is 76.3 Å². The summed E-state index contributed by atoms with van der Waals surface area (Å²) in [6.07, 6.45) is 8.33. The highest BCUT2D eigenvalue weighted by molar-refractivity contribution is 6.24. The van der Waals surface area contributed by atoms with E-state index in [1.165, 1.54) is 20.1 Å². The second-order valence-electron chi connectivity index (χ2n) is 15.8. The lowest BCUT2D eigenvalue weighted by atomic mass is 9.62. The number of rotatable bonds is 19. The minimum atomic E-state index is -1.19. The molecular formula is C44H52N2O16. The average Bonchev–Trinajstić information content (AvgIpc) is 3.57. The van der Waals surface area contributed by atoms with E-state index in [1.807, 2.05) is 0 Å². The summed E-state index contributed by atoms with van der Waals surface area (Å²) in [5, 5.41) is 2.17. The van der Waals surface area contributed by atoms with Crippen LogP contribution in [-0.4, -0.2) is 130 Å². The molecule has 2 saturated heterocycles. The molecule has 6 rings (SSSR count). The molecule has 4 amide bonds. The van der Waals surface area contributed by atoms with Gasteiger partial charge in [0.15, 0.2) is 0 Å². The van der Waals surface area contributed by atoms with Crippen LogP contribution in [0, 0.1) is 11.3 Å². The predicted molar refractivity (Wildman–Crippen MR) is 213 cm³/mol. The number of carbonyl (C=O) groups is 8. The second-order valence-corrected chi connectivity index (χ2v) is 15.8. The maximum absolute atomic E-state index is 13.8. The first-order valence-corrected chi connectivity index (χ1v) is 20.6. The van der Waals surface area contributed by atoms with Crippen LogP contribution in [0.4, 0.5) is 0 Å². The van der Waals surface area contributed by atoms with Gasteiger partial charge in [-0.05, 0) is 70.6 Å². The first-order valence-electron chi connectivity index (χ1n) is 20.6. The van der Waals surface area contributed by atoms with Gasteiger partial charge in [-0.1, -0.05) is 24.3 Å². The molecule has 62 heavy (non-hydrogen) atoms. The quantitative estimate of drug-likeness (QED) is 0.0527. The number of fused-ring (bicyclic) bond motifs is 1. The number of allylic oxidation sites excluding steroid dienone is 3. The molecule has 3 heterocycles. The first kappa shape index (κ1) is 45.8. The van der Waals surface area contributed by atoms with Crippen LogP contribution in [0.15, 0.2) is 53.6 Å². The van der Waals surface area contributed by atoms with Gasteiger partial charge in [0.05, 0.1) is 57.9 Å². The molecular weight excluding hydrogens is 812 g/mol. The van der Waals surface area contributed by atoms with Gasteiger partial charge in [0.1, 0.15) is 41.6 Å². The number of imide groups is 2. The van der Waals surface area contributed by atoms with Crippen LogP contribution >= 0.6 is 0 Å². The average molecular weight is 865 g/mol. The summed E-state index contributed by atoms with van der Waals surface area (Å²) >= 11 is 0. The van der Waals surface area contributed by atoms with Crippen molar-refractivity contribution in [2.75, 3.05) is 60.0 Å². The van der Waals surface area contributed by atoms with Crippen LogP contribution in [-0.2, 0) is 61.9 Å². The topological polar surface area (TPSA) is 226 Å². The van der Waals surface area contributed by atoms with E-state index in [0.717, 1.165) is 4.90 Å². The Morgan fingerprint density at radius 2 is 1.58 bits per heavy atom. The molecule has 5 aliphatic rings. The van der Waals surface area contributed by atoms with E-state index in [4.69, 9.17) is 37.9 Å². The Kier molecular flexibility index (Phi) is 14.4. The number of piperidine rings is 1. The van der Waals surface area contributed by atoms with Crippen molar-refractivity contribution in [3.05, 3.63) is 64.8 Å². The standard InChI is InChI=1S/C44H52N2O16/c1-27(7-6-15-42(3)33-14-17-43(41(54)62-42)16-12-29(40(53)55-4)13-18-44(33,43)61-28(2)47)39(52)60-26-24-58-22-20-56-19-21-57-23-25-59-32-9-5-8-30-35(32)38(51)46(37(30)50)31-10-11-34(48)45-36(31)49/h5-9,12,15,31,33H,10-11,13-14,16-26H2,1-4H3,(H,45,48,49). The normalized spacial score (nSPS) is 26.9. The number of ether oxygens (including phenoxy) is 8. The lowest BCUT2D eigenvalue weighted by Crippen LogP contribution is -2.65. The summed E-state index contributed by atoms with van der Waals surface area (Å²) in [7, 11) is 1.30. The van der Waals surface area contributed by atoms with E-state index in [0.29, 0.717) is 24.0 Å². The summed E-state index contributed by atoms with van der Waals surface area (Å²) in [6, 6.07) is 3.55. The molecule has 334 valence electrons. The van der Waals surface area contributed by atoms with Gasteiger partial charge in [-0.3, -0.25) is 39.0 Å². The summed E-state index contributed by atoms with van der Waals surface area (Å²) in [5.74, 6) is -4.70. The van der Waals surface area contributed by atoms with Crippen LogP contribution in [0.2, 0.25) is 0 Å². The van der Waals surface area contributed by atoms with Crippen LogP contribution in [0.5, 0.6) is 5.75 Å². The molecule has 3 fully saturated rings. The van der Waals surface area contributed by atoms with Gasteiger partial charge >= 0.3 is 23.9 Å². The number of nitrogens with zero attached hydrogens (tertiary/aromatic N) is 1. The first-order chi connectivity index (χ1) is 29.7. The van der Waals surface area contributed by atoms with E-state index in [1.54, 1.807) is 50.3 Å². The molecule has 3 aliphatic heterocycles. The highest BCUT2D eigenvalue weighted by Gasteiger charge is 2.74. The highest BCUT2D eigenvalue weighted by Crippen LogP contribution is 2.65. The lowest BCUT2D eigenvalue weighted by Gasteiger charge is -2.54. The number of amides is 4. The number of methoxy groups -OCH3 is 1.